The number of hydrogen-bond acceptors (Lipinski definition) is 4. The highest BCUT2D eigenvalue weighted by atomic mass is 19.4. The molecule has 0 aromatic heterocycles. The van der Waals surface area contributed by atoms with Crippen molar-refractivity contribution >= 4 is 11.8 Å². The molecule has 21 heavy (non-hydrogen) atoms. The van der Waals surface area contributed by atoms with E-state index in [9.17, 15) is 28.1 Å². The van der Waals surface area contributed by atoms with Gasteiger partial charge in [-0.2, -0.15) is 13.2 Å². The molecule has 1 amide bonds. The molecule has 0 saturated carbocycles. The highest BCUT2D eigenvalue weighted by molar-refractivity contribution is 5.65. The van der Waals surface area contributed by atoms with Crippen molar-refractivity contribution < 1.29 is 27.6 Å². The number of nitrogens with zero attached hydrogens (tertiary/aromatic N) is 1. The van der Waals surface area contributed by atoms with Crippen LogP contribution >= 0.6 is 0 Å². The number of carbonyl (C=O) groups is 1. The molecule has 6 nitrogen and oxygen atoms in total. The summed E-state index contributed by atoms with van der Waals surface area (Å²) in [5, 5.41) is 10.6. The Labute approximate surface area is 117 Å². The van der Waals surface area contributed by atoms with Crippen molar-refractivity contribution in [1.82, 2.24) is 0 Å². The fourth-order valence-electron chi connectivity index (χ4n) is 1.86. The fraction of sp³-hybridized carbons (Fsp3) is 0.417. The Morgan fingerprint density at radius 2 is 1.95 bits per heavy atom. The lowest BCUT2D eigenvalue weighted by molar-refractivity contribution is -0.385. The minimum absolute atomic E-state index is 0.223. The van der Waals surface area contributed by atoms with Gasteiger partial charge in [-0.05, 0) is 19.4 Å². The zero-order valence-corrected chi connectivity index (χ0v) is 11.2. The van der Waals surface area contributed by atoms with Crippen LogP contribution in [0.4, 0.5) is 23.7 Å². The van der Waals surface area contributed by atoms with Crippen LogP contribution in [0.15, 0.2) is 18.2 Å². The molecule has 116 valence electrons. The molecule has 0 spiro atoms. The molecule has 0 aliphatic heterocycles. The number of ether oxygens (including phenoxy) is 1. The zero-order valence-electron chi connectivity index (χ0n) is 11.2. The van der Waals surface area contributed by atoms with E-state index < -0.39 is 34.0 Å². The van der Waals surface area contributed by atoms with Crippen LogP contribution < -0.4 is 5.73 Å². The minimum atomic E-state index is -4.76. The molecule has 1 rings (SSSR count). The van der Waals surface area contributed by atoms with Gasteiger partial charge in [-0.3, -0.25) is 10.1 Å². The van der Waals surface area contributed by atoms with Crippen molar-refractivity contribution in [3.05, 3.63) is 39.4 Å². The number of rotatable bonds is 4. The van der Waals surface area contributed by atoms with Crippen LogP contribution in [0, 0.1) is 10.1 Å². The Morgan fingerprint density at radius 3 is 2.38 bits per heavy atom. The van der Waals surface area contributed by atoms with Gasteiger partial charge in [0, 0.05) is 18.6 Å². The third kappa shape index (κ3) is 4.62. The lowest BCUT2D eigenvalue weighted by atomic mass is 9.94. The average Bonchev–Trinajstić information content (AvgIpc) is 2.24. The molecular weight excluding hydrogens is 293 g/mol. The highest BCUT2D eigenvalue weighted by Crippen LogP contribution is 2.36. The molecule has 0 radical (unpaired) electrons. The first-order valence-electron chi connectivity index (χ1n) is 5.75. The van der Waals surface area contributed by atoms with Gasteiger partial charge in [-0.25, -0.2) is 4.79 Å². The standard InChI is InChI=1S/C12H13F3N2O4/c1-11(2,21-10(16)18)6-7-3-4-8(17(19)20)5-9(7)12(13,14)15/h3-5H,6H2,1-2H3,(H2,16,18). The molecular formula is C12H13F3N2O4. The number of halogens is 3. The predicted molar refractivity (Wildman–Crippen MR) is 66.5 cm³/mol. The van der Waals surface area contributed by atoms with E-state index >= 15 is 0 Å². The molecule has 0 aliphatic rings. The lowest BCUT2D eigenvalue weighted by Crippen LogP contribution is -2.33. The van der Waals surface area contributed by atoms with Crippen LogP contribution in [0.2, 0.25) is 0 Å². The first-order chi connectivity index (χ1) is 9.42. The first-order valence-corrected chi connectivity index (χ1v) is 5.75. The van der Waals surface area contributed by atoms with E-state index in [4.69, 9.17) is 10.5 Å². The van der Waals surface area contributed by atoms with Gasteiger partial charge in [0.1, 0.15) is 5.60 Å². The van der Waals surface area contributed by atoms with E-state index in [-0.39, 0.29) is 12.0 Å². The molecule has 2 N–H and O–H groups in total. The van der Waals surface area contributed by atoms with Gasteiger partial charge in [0.25, 0.3) is 5.69 Å². The summed E-state index contributed by atoms with van der Waals surface area (Å²) in [6, 6.07) is 2.41. The van der Waals surface area contributed by atoms with E-state index in [1.807, 2.05) is 0 Å². The second kappa shape index (κ2) is 5.58. The van der Waals surface area contributed by atoms with E-state index in [0.29, 0.717) is 6.07 Å². The van der Waals surface area contributed by atoms with Crippen LogP contribution in [0.3, 0.4) is 0 Å². The third-order valence-electron chi connectivity index (χ3n) is 2.60. The number of amides is 1. The Balaban J connectivity index is 3.24. The quantitative estimate of drug-likeness (QED) is 0.683. The number of alkyl halides is 3. The molecule has 1 aromatic carbocycles. The van der Waals surface area contributed by atoms with Crippen LogP contribution in [-0.4, -0.2) is 16.6 Å². The van der Waals surface area contributed by atoms with E-state index in [1.54, 1.807) is 0 Å². The average molecular weight is 306 g/mol. The van der Waals surface area contributed by atoms with Crippen LogP contribution in [-0.2, 0) is 17.3 Å². The number of nitro benzene ring substituents is 1. The minimum Gasteiger partial charge on any atom is -0.443 e. The molecule has 0 saturated heterocycles. The highest BCUT2D eigenvalue weighted by Gasteiger charge is 2.37. The number of nitro groups is 1. The largest absolute Gasteiger partial charge is 0.443 e. The molecule has 9 heteroatoms. The number of hydrogen-bond donors (Lipinski definition) is 1. The van der Waals surface area contributed by atoms with Crippen molar-refractivity contribution in [1.29, 1.82) is 0 Å². The summed E-state index contributed by atoms with van der Waals surface area (Å²) in [4.78, 5) is 20.4. The van der Waals surface area contributed by atoms with Gasteiger partial charge in [0.05, 0.1) is 10.5 Å². The SMILES string of the molecule is CC(C)(Cc1ccc([N+](=O)[O-])cc1C(F)(F)F)OC(N)=O. The summed E-state index contributed by atoms with van der Waals surface area (Å²) in [6.07, 6.45) is -6.16. The fourth-order valence-corrected chi connectivity index (χ4v) is 1.86. The van der Waals surface area contributed by atoms with Crippen LogP contribution in [0.5, 0.6) is 0 Å². The predicted octanol–water partition coefficient (Wildman–Crippen LogP) is 3.03. The van der Waals surface area contributed by atoms with Crippen molar-refractivity contribution in [3.63, 3.8) is 0 Å². The van der Waals surface area contributed by atoms with Gasteiger partial charge < -0.3 is 10.5 Å². The number of primary amides is 1. The second-order valence-corrected chi connectivity index (χ2v) is 4.95. The number of benzene rings is 1. The maximum Gasteiger partial charge on any atom is 0.416 e. The monoisotopic (exact) mass is 306 g/mol. The second-order valence-electron chi connectivity index (χ2n) is 4.95. The van der Waals surface area contributed by atoms with Crippen molar-refractivity contribution in [2.75, 3.05) is 0 Å². The van der Waals surface area contributed by atoms with E-state index in [2.05, 4.69) is 0 Å². The summed E-state index contributed by atoms with van der Waals surface area (Å²) in [7, 11) is 0. The molecule has 0 aliphatic carbocycles. The summed E-state index contributed by atoms with van der Waals surface area (Å²) in [6.45, 7) is 2.78. The van der Waals surface area contributed by atoms with Gasteiger partial charge in [0.15, 0.2) is 0 Å². The van der Waals surface area contributed by atoms with Crippen molar-refractivity contribution in [2.24, 2.45) is 5.73 Å². The van der Waals surface area contributed by atoms with E-state index in [0.717, 1.165) is 12.1 Å². The van der Waals surface area contributed by atoms with Crippen LogP contribution in [0.25, 0.3) is 0 Å². The van der Waals surface area contributed by atoms with Crippen LogP contribution in [0.1, 0.15) is 25.0 Å². The van der Waals surface area contributed by atoms with Gasteiger partial charge in [-0.1, -0.05) is 6.07 Å². The van der Waals surface area contributed by atoms with Crippen molar-refractivity contribution in [2.45, 2.75) is 32.0 Å². The molecule has 0 fully saturated rings. The zero-order chi connectivity index (χ0) is 16.4. The summed E-state index contributed by atoms with van der Waals surface area (Å²) in [5.41, 5.74) is 1.54. The maximum absolute atomic E-state index is 13.0. The lowest BCUT2D eigenvalue weighted by Gasteiger charge is -2.25. The number of non-ortho nitro benzene ring substituents is 1. The maximum atomic E-state index is 13.0. The van der Waals surface area contributed by atoms with Gasteiger partial charge in [0.2, 0.25) is 0 Å². The molecule has 1 aromatic rings. The Bertz CT molecular complexity index is 570. The van der Waals surface area contributed by atoms with Crippen molar-refractivity contribution in [3.8, 4) is 0 Å². The smallest absolute Gasteiger partial charge is 0.416 e. The Hall–Kier alpha value is -2.32. The van der Waals surface area contributed by atoms with E-state index in [1.165, 1.54) is 13.8 Å². The number of nitrogens with two attached hydrogens (primary N) is 1. The molecule has 0 heterocycles. The molecule has 0 bridgehead atoms. The molecule has 0 atom stereocenters. The first kappa shape index (κ1) is 16.7. The van der Waals surface area contributed by atoms with Gasteiger partial charge >= 0.3 is 12.3 Å². The summed E-state index contributed by atoms with van der Waals surface area (Å²) >= 11 is 0. The number of carbonyl (C=O) groups excluding carboxylic acids is 1. The topological polar surface area (TPSA) is 95.5 Å². The summed E-state index contributed by atoms with van der Waals surface area (Å²) in [5.74, 6) is 0. The molecule has 0 unspecified atom stereocenters. The Morgan fingerprint density at radius 1 is 1.38 bits per heavy atom. The summed E-state index contributed by atoms with van der Waals surface area (Å²) < 4.78 is 43.6. The van der Waals surface area contributed by atoms with Gasteiger partial charge in [-0.15, -0.1) is 0 Å². The third-order valence-corrected chi connectivity index (χ3v) is 2.60. The Kier molecular flexibility index (Phi) is 4.45. The normalized spacial score (nSPS) is 12.0.